The predicted octanol–water partition coefficient (Wildman–Crippen LogP) is 39.9. The zero-order valence-electron chi connectivity index (χ0n) is 75.9. The van der Waals surface area contributed by atoms with Crippen molar-refractivity contribution in [1.29, 1.82) is 0 Å². The highest BCUT2D eigenvalue weighted by molar-refractivity contribution is 7.30. The summed E-state index contributed by atoms with van der Waals surface area (Å²) in [5, 5.41) is 2.57. The van der Waals surface area contributed by atoms with Crippen LogP contribution in [0.4, 0.5) is 0 Å². The Labute approximate surface area is 738 Å². The molecule has 8 rings (SSSR count). The van der Waals surface area contributed by atoms with Crippen molar-refractivity contribution < 1.29 is 0 Å². The van der Waals surface area contributed by atoms with E-state index >= 15 is 0 Å². The molecule has 2 aromatic carbocycles. The van der Waals surface area contributed by atoms with Crippen LogP contribution in [0.15, 0.2) is 72.8 Å². The molecule has 646 valence electrons. The van der Waals surface area contributed by atoms with Crippen molar-refractivity contribution in [3.05, 3.63) is 117 Å². The van der Waals surface area contributed by atoms with E-state index in [0.717, 1.165) is 32.1 Å². The summed E-state index contributed by atoms with van der Waals surface area (Å²) in [6, 6.07) is 29.2. The molecule has 0 saturated carbocycles. The molecule has 0 fully saturated rings. The van der Waals surface area contributed by atoms with Crippen molar-refractivity contribution in [2.45, 2.75) is 479 Å². The largest absolute Gasteiger partial charge is 0.240 e. The third-order valence-electron chi connectivity index (χ3n) is 25.1. The molecule has 0 aliphatic carbocycles. The first-order valence-electron chi connectivity index (χ1n) is 49.9. The highest BCUT2D eigenvalue weighted by atomic mass is 32.1. The van der Waals surface area contributed by atoms with E-state index in [1.807, 2.05) is 0 Å². The molecule has 6 heterocycles. The molecule has 0 aliphatic heterocycles. The quantitative estimate of drug-likeness (QED) is 0.0355. The van der Waals surface area contributed by atoms with Crippen LogP contribution in [0.5, 0.6) is 0 Å². The number of rotatable bonds is 73. The van der Waals surface area contributed by atoms with Gasteiger partial charge in [-0.15, -0.1) is 68.0 Å². The first-order valence-corrected chi connectivity index (χ1v) is 54.8. The molecule has 8 heteroatoms. The van der Waals surface area contributed by atoms with Crippen LogP contribution in [0.3, 0.4) is 0 Å². The SMILES string of the molecule is CCCCCCCCCCCCc1cc(C)sc1-c1cc(CCCCCCCCCCCC)c(-c2nc(CCCCCCCCCCCC)c(-c3sc(-c4sc(-c5sc(-c6ccc(-c7ccc(C)cc7)cc6)cc5CCCCCCCCCCCC)cc4CCCCCCCCCCCC)nc3CCCCCCCCCCCC)s2)s1. The Morgan fingerprint density at radius 2 is 0.422 bits per heavy atom. The van der Waals surface area contributed by atoms with Crippen LogP contribution in [0.1, 0.15) is 471 Å². The molecule has 0 amide bonds. The maximum atomic E-state index is 6.14. The van der Waals surface area contributed by atoms with Crippen molar-refractivity contribution in [2.24, 2.45) is 0 Å². The lowest BCUT2D eigenvalue weighted by atomic mass is 10.0. The van der Waals surface area contributed by atoms with Gasteiger partial charge in [0, 0.05) is 29.3 Å². The number of hydrogen-bond acceptors (Lipinski definition) is 8. The van der Waals surface area contributed by atoms with E-state index in [9.17, 15) is 0 Å². The normalized spacial score (nSPS) is 11.8. The van der Waals surface area contributed by atoms with Crippen molar-refractivity contribution in [3.63, 3.8) is 0 Å². The molecule has 2 nitrogen and oxygen atoms in total. The zero-order chi connectivity index (χ0) is 81.5. The molecule has 0 aliphatic rings. The summed E-state index contributed by atoms with van der Waals surface area (Å²) in [5.41, 5.74) is 14.2. The van der Waals surface area contributed by atoms with Crippen LogP contribution in [-0.2, 0) is 38.5 Å². The predicted molar refractivity (Wildman–Crippen MR) is 530 cm³/mol. The minimum absolute atomic E-state index is 1.05. The van der Waals surface area contributed by atoms with Gasteiger partial charge in [0.25, 0.3) is 0 Å². The van der Waals surface area contributed by atoms with Gasteiger partial charge >= 0.3 is 0 Å². The molecule has 0 atom stereocenters. The Balaban J connectivity index is 1.19. The topological polar surface area (TPSA) is 25.8 Å². The Bertz CT molecular complexity index is 3720. The van der Waals surface area contributed by atoms with Crippen LogP contribution in [0.2, 0.25) is 0 Å². The van der Waals surface area contributed by atoms with Crippen LogP contribution >= 0.6 is 68.0 Å². The number of nitrogens with zero attached hydrogens (tertiary/aromatic N) is 2. The van der Waals surface area contributed by atoms with Gasteiger partial charge in [0.05, 0.1) is 30.9 Å². The molecule has 116 heavy (non-hydrogen) atoms. The lowest BCUT2D eigenvalue weighted by Gasteiger charge is -2.05. The molecule has 0 saturated heterocycles. The molecule has 0 unspecified atom stereocenters. The number of unbranched alkanes of at least 4 members (excludes halogenated alkanes) is 54. The van der Waals surface area contributed by atoms with E-state index in [0.29, 0.717) is 0 Å². The molecule has 6 aromatic heterocycles. The molecule has 8 aromatic rings. The van der Waals surface area contributed by atoms with Crippen LogP contribution in [-0.4, -0.2) is 9.97 Å². The second kappa shape index (κ2) is 61.7. The minimum atomic E-state index is 1.05. The molecule has 0 bridgehead atoms. The third-order valence-corrected chi connectivity index (χ3v) is 32.8. The average molecular weight is 1690 g/mol. The van der Waals surface area contributed by atoms with Crippen molar-refractivity contribution in [3.8, 4) is 70.6 Å². The van der Waals surface area contributed by atoms with Gasteiger partial charge in [-0.05, 0) is 154 Å². The minimum Gasteiger partial charge on any atom is -0.240 e. The zero-order valence-corrected chi connectivity index (χ0v) is 80.8. The number of hydrogen-bond donors (Lipinski definition) is 0. The van der Waals surface area contributed by atoms with E-state index in [2.05, 4.69) is 196 Å². The molecule has 0 radical (unpaired) electrons. The van der Waals surface area contributed by atoms with E-state index in [-0.39, 0.29) is 0 Å². The van der Waals surface area contributed by atoms with Gasteiger partial charge < -0.3 is 0 Å². The fraction of sp³-hybridized carbons (Fsp3) is 0.685. The van der Waals surface area contributed by atoms with Crippen molar-refractivity contribution in [2.75, 3.05) is 0 Å². The maximum absolute atomic E-state index is 6.14. The average Bonchev–Trinajstić information content (AvgIpc) is 1.61. The smallest absolute Gasteiger partial charge is 0.134 e. The summed E-state index contributed by atoms with van der Waals surface area (Å²) in [5.74, 6) is 0. The van der Waals surface area contributed by atoms with Gasteiger partial charge in [-0.2, -0.15) is 0 Å². The Morgan fingerprint density at radius 1 is 0.198 bits per heavy atom. The Kier molecular flexibility index (Phi) is 52.1. The Hall–Kier alpha value is -3.50. The first-order chi connectivity index (χ1) is 57.2. The van der Waals surface area contributed by atoms with Gasteiger partial charge in [-0.1, -0.05) is 442 Å². The highest BCUT2D eigenvalue weighted by Gasteiger charge is 2.28. The van der Waals surface area contributed by atoms with Crippen LogP contribution in [0, 0.1) is 13.8 Å². The number of aryl methyl sites for hydroxylation is 8. The third kappa shape index (κ3) is 37.3. The lowest BCUT2D eigenvalue weighted by Crippen LogP contribution is -1.93. The van der Waals surface area contributed by atoms with E-state index in [1.165, 1.54) is 479 Å². The molecular weight excluding hydrogens is 1520 g/mol. The highest BCUT2D eigenvalue weighted by Crippen LogP contribution is 2.52. The summed E-state index contributed by atoms with van der Waals surface area (Å²) >= 11 is 12.5. The van der Waals surface area contributed by atoms with Gasteiger partial charge in [-0.25, -0.2) is 9.97 Å². The lowest BCUT2D eigenvalue weighted by molar-refractivity contribution is 0.555. The fourth-order valence-electron chi connectivity index (χ4n) is 17.7. The summed E-state index contributed by atoms with van der Waals surface area (Å²) in [4.78, 5) is 27.0. The van der Waals surface area contributed by atoms with Crippen LogP contribution in [0.25, 0.3) is 70.6 Å². The summed E-state index contributed by atoms with van der Waals surface area (Å²) < 4.78 is 0. The standard InChI is InChI=1S/C108H168N2S6/c1-9-15-21-27-33-39-45-51-57-63-69-92-83-88(8)111-101(92)99-85-94(71-65-59-53-47-41-35-29-23-17-11-3)103(113-99)107-109-96(73-67-61-55-49-43-37-31-25-19-13-5)105(115-107)106-97(74-68-62-56-50-44-38-32-26-20-14-6)110-108(116-106)104-95(72-66-60-54-48-42-36-30-24-18-12-4)86-100(114-104)102-93(70-64-58-52-46-40-34-28-22-16-10-2)84-98(112-102)91-81-79-90(80-82-91)89-77-75-87(7)76-78-89/h75-86H,9-74H2,1-8H3. The van der Waals surface area contributed by atoms with E-state index < -0.39 is 0 Å². The Morgan fingerprint density at radius 3 is 0.724 bits per heavy atom. The number of aromatic nitrogens is 2. The molecule has 0 N–H and O–H groups in total. The van der Waals surface area contributed by atoms with E-state index in [4.69, 9.17) is 9.97 Å². The van der Waals surface area contributed by atoms with Crippen molar-refractivity contribution in [1.82, 2.24) is 9.97 Å². The summed E-state index contributed by atoms with van der Waals surface area (Å²) in [7, 11) is 0. The van der Waals surface area contributed by atoms with Crippen molar-refractivity contribution >= 4 is 68.0 Å². The number of thiazole rings is 2. The van der Waals surface area contributed by atoms with Gasteiger partial charge in [0.15, 0.2) is 0 Å². The number of benzene rings is 2. The monoisotopic (exact) mass is 1690 g/mol. The number of thiophene rings is 4. The molecular formula is C108H168N2S6. The van der Waals surface area contributed by atoms with Gasteiger partial charge in [-0.3, -0.25) is 0 Å². The first kappa shape index (κ1) is 97.9. The van der Waals surface area contributed by atoms with E-state index in [1.54, 1.807) is 27.1 Å². The van der Waals surface area contributed by atoms with Crippen LogP contribution < -0.4 is 0 Å². The second-order valence-corrected chi connectivity index (χ2v) is 42.1. The van der Waals surface area contributed by atoms with Gasteiger partial charge in [0.2, 0.25) is 0 Å². The summed E-state index contributed by atoms with van der Waals surface area (Å²) in [6.45, 7) is 18.6. The summed E-state index contributed by atoms with van der Waals surface area (Å²) in [6.07, 6.45) is 88.5. The fourth-order valence-corrected chi connectivity index (χ4v) is 25.3. The second-order valence-electron chi connectivity index (χ2n) is 35.7. The maximum Gasteiger partial charge on any atom is 0.134 e. The molecule has 0 spiro atoms. The van der Waals surface area contributed by atoms with Gasteiger partial charge in [0.1, 0.15) is 10.0 Å².